The Labute approximate surface area is 78.0 Å². The van der Waals surface area contributed by atoms with Gasteiger partial charge in [-0.25, -0.2) is 0 Å². The van der Waals surface area contributed by atoms with Crippen molar-refractivity contribution in [1.82, 2.24) is 0 Å². The number of alkyl halides is 3. The normalized spacial score (nSPS) is 11.4. The highest BCUT2D eigenvalue weighted by Crippen LogP contribution is 2.33. The van der Waals surface area contributed by atoms with E-state index >= 15 is 0 Å². The first-order valence-electron chi connectivity index (χ1n) is 3.31. The van der Waals surface area contributed by atoms with Crippen LogP contribution in [-0.2, 0) is 0 Å². The van der Waals surface area contributed by atoms with Gasteiger partial charge in [-0.05, 0) is 12.5 Å². The third-order valence-corrected chi connectivity index (χ3v) is 1.35. The summed E-state index contributed by atoms with van der Waals surface area (Å²) in [5, 5.41) is 24.9. The lowest BCUT2D eigenvalue weighted by Gasteiger charge is -2.10. The first-order chi connectivity index (χ1) is 6.38. The predicted octanol–water partition coefficient (Wildman–Crippen LogP) is 2.35. The molecule has 0 heterocycles. The van der Waals surface area contributed by atoms with Gasteiger partial charge in [0.1, 0.15) is 17.7 Å². The average Bonchev–Trinajstić information content (AvgIpc) is 2.10. The molecule has 0 saturated heterocycles. The summed E-state index contributed by atoms with van der Waals surface area (Å²) in [5.74, 6) is 0. The van der Waals surface area contributed by atoms with Gasteiger partial charge < -0.3 is 5.11 Å². The van der Waals surface area contributed by atoms with Crippen LogP contribution in [0.25, 0.3) is 0 Å². The van der Waals surface area contributed by atoms with E-state index in [0.717, 1.165) is 19.1 Å². The number of aliphatic hydroxyl groups excluding tert-OH is 1. The maximum Gasteiger partial charge on any atom is 0.418 e. The smallest absolute Gasteiger partial charge is 0.418 e. The van der Waals surface area contributed by atoms with Crippen LogP contribution in [0.1, 0.15) is 6.92 Å². The van der Waals surface area contributed by atoms with Crippen LogP contribution in [0.15, 0.2) is 23.0 Å². The van der Waals surface area contributed by atoms with E-state index in [1.807, 2.05) is 0 Å². The Bertz CT molecular complexity index is 350. The molecule has 0 rings (SSSR count). The number of hydrogen-bond acceptors (Lipinski definition) is 3. The van der Waals surface area contributed by atoms with Gasteiger partial charge >= 0.3 is 6.18 Å². The van der Waals surface area contributed by atoms with Gasteiger partial charge in [0, 0.05) is 0 Å². The molecule has 0 aliphatic heterocycles. The fraction of sp³-hybridized carbons (Fsp3) is 0.250. The van der Waals surface area contributed by atoms with Crippen LogP contribution in [0.4, 0.5) is 13.2 Å². The van der Waals surface area contributed by atoms with Gasteiger partial charge in [-0.3, -0.25) is 0 Å². The predicted molar refractivity (Wildman–Crippen MR) is 40.7 cm³/mol. The van der Waals surface area contributed by atoms with E-state index in [1.165, 1.54) is 0 Å². The third-order valence-electron chi connectivity index (χ3n) is 1.35. The first kappa shape index (κ1) is 12.0. The van der Waals surface area contributed by atoms with E-state index in [1.54, 1.807) is 0 Å². The van der Waals surface area contributed by atoms with Gasteiger partial charge in [0.25, 0.3) is 0 Å². The van der Waals surface area contributed by atoms with Crippen LogP contribution in [0.5, 0.6) is 0 Å². The zero-order chi connectivity index (χ0) is 11.4. The molecule has 0 bridgehead atoms. The highest BCUT2D eigenvalue weighted by molar-refractivity contribution is 5.50. The molecule has 0 fully saturated rings. The zero-order valence-corrected chi connectivity index (χ0v) is 7.05. The lowest BCUT2D eigenvalue weighted by atomic mass is 10.0. The van der Waals surface area contributed by atoms with Crippen LogP contribution in [-0.4, -0.2) is 11.3 Å². The highest BCUT2D eigenvalue weighted by Gasteiger charge is 2.37. The molecule has 0 spiro atoms. The number of nitrogens with zero attached hydrogens (tertiary/aromatic N) is 2. The van der Waals surface area contributed by atoms with Crippen LogP contribution in [0, 0.1) is 22.7 Å². The standard InChI is InChI=1S/C8H5F3N2O/c1-5(4-14)7(8(9,10)11)6(2-12)3-13/h4,14H,1H3/b5-4+. The summed E-state index contributed by atoms with van der Waals surface area (Å²) in [6.07, 6.45) is -4.62. The van der Waals surface area contributed by atoms with Crippen molar-refractivity contribution in [2.24, 2.45) is 0 Å². The van der Waals surface area contributed by atoms with Gasteiger partial charge in [-0.15, -0.1) is 0 Å². The van der Waals surface area contributed by atoms with Gasteiger partial charge in [-0.1, -0.05) is 0 Å². The third kappa shape index (κ3) is 2.53. The Morgan fingerprint density at radius 1 is 1.29 bits per heavy atom. The number of aliphatic hydroxyl groups is 1. The summed E-state index contributed by atoms with van der Waals surface area (Å²) in [6.45, 7) is 0.956. The molecule has 0 radical (unpaired) electrons. The summed E-state index contributed by atoms with van der Waals surface area (Å²) in [5.41, 5.74) is -3.05. The molecular formula is C8H5F3N2O. The molecule has 6 heteroatoms. The Kier molecular flexibility index (Phi) is 3.73. The van der Waals surface area contributed by atoms with Gasteiger partial charge in [0.05, 0.1) is 11.8 Å². The largest absolute Gasteiger partial charge is 0.515 e. The summed E-state index contributed by atoms with van der Waals surface area (Å²) in [6, 6.07) is 2.24. The summed E-state index contributed by atoms with van der Waals surface area (Å²) < 4.78 is 36.8. The molecule has 74 valence electrons. The number of rotatable bonds is 1. The SMILES string of the molecule is C/C(=C\O)C(=C(C#N)C#N)C(F)(F)F. The minimum atomic E-state index is -4.83. The van der Waals surface area contributed by atoms with Crippen molar-refractivity contribution in [1.29, 1.82) is 10.5 Å². The molecule has 3 nitrogen and oxygen atoms in total. The fourth-order valence-corrected chi connectivity index (χ4v) is 0.764. The number of hydrogen-bond donors (Lipinski definition) is 1. The maximum atomic E-state index is 12.3. The van der Waals surface area contributed by atoms with Crippen LogP contribution in [0.2, 0.25) is 0 Å². The lowest BCUT2D eigenvalue weighted by molar-refractivity contribution is -0.0898. The van der Waals surface area contributed by atoms with Crippen LogP contribution >= 0.6 is 0 Å². The molecule has 0 aromatic rings. The Hall–Kier alpha value is -1.95. The maximum absolute atomic E-state index is 12.3. The first-order valence-corrected chi connectivity index (χ1v) is 3.31. The Morgan fingerprint density at radius 2 is 1.71 bits per heavy atom. The van der Waals surface area contributed by atoms with E-state index in [0.29, 0.717) is 0 Å². The average molecular weight is 202 g/mol. The summed E-state index contributed by atoms with van der Waals surface area (Å²) in [4.78, 5) is 0. The van der Waals surface area contributed by atoms with Crippen LogP contribution < -0.4 is 0 Å². The Morgan fingerprint density at radius 3 is 1.93 bits per heavy atom. The summed E-state index contributed by atoms with van der Waals surface area (Å²) in [7, 11) is 0. The van der Waals surface area contributed by atoms with Crippen molar-refractivity contribution < 1.29 is 18.3 Å². The topological polar surface area (TPSA) is 67.8 Å². The minimum Gasteiger partial charge on any atom is -0.515 e. The van der Waals surface area contributed by atoms with Crippen molar-refractivity contribution in [3.8, 4) is 12.1 Å². The van der Waals surface area contributed by atoms with E-state index in [4.69, 9.17) is 15.6 Å². The molecule has 1 N–H and O–H groups in total. The van der Waals surface area contributed by atoms with Gasteiger partial charge in [-0.2, -0.15) is 23.7 Å². The monoisotopic (exact) mass is 202 g/mol. The molecule has 0 aliphatic rings. The van der Waals surface area contributed by atoms with Crippen molar-refractivity contribution in [2.75, 3.05) is 0 Å². The van der Waals surface area contributed by atoms with E-state index < -0.39 is 22.9 Å². The van der Waals surface area contributed by atoms with Crippen molar-refractivity contribution in [3.63, 3.8) is 0 Å². The molecule has 0 saturated carbocycles. The van der Waals surface area contributed by atoms with Crippen molar-refractivity contribution in [3.05, 3.63) is 23.0 Å². The lowest BCUT2D eigenvalue weighted by Crippen LogP contribution is -2.15. The quantitative estimate of drug-likeness (QED) is 0.403. The van der Waals surface area contributed by atoms with E-state index in [-0.39, 0.29) is 6.26 Å². The van der Waals surface area contributed by atoms with E-state index in [9.17, 15) is 13.2 Å². The fourth-order valence-electron chi connectivity index (χ4n) is 0.764. The molecule has 0 amide bonds. The Balaban J connectivity index is 5.73. The second-order valence-electron chi connectivity index (χ2n) is 2.28. The minimum absolute atomic E-state index is 0.206. The highest BCUT2D eigenvalue weighted by atomic mass is 19.4. The summed E-state index contributed by atoms with van der Waals surface area (Å²) >= 11 is 0. The molecule has 0 aromatic heterocycles. The second kappa shape index (κ2) is 4.33. The molecule has 0 aliphatic carbocycles. The molecule has 14 heavy (non-hydrogen) atoms. The van der Waals surface area contributed by atoms with Gasteiger partial charge in [0.15, 0.2) is 0 Å². The zero-order valence-electron chi connectivity index (χ0n) is 7.05. The molecular weight excluding hydrogens is 197 g/mol. The van der Waals surface area contributed by atoms with Crippen molar-refractivity contribution >= 4 is 0 Å². The van der Waals surface area contributed by atoms with Crippen molar-refractivity contribution in [2.45, 2.75) is 13.1 Å². The van der Waals surface area contributed by atoms with E-state index in [2.05, 4.69) is 0 Å². The second-order valence-corrected chi connectivity index (χ2v) is 2.28. The number of allylic oxidation sites excluding steroid dienone is 3. The number of halogens is 3. The molecule has 0 aromatic carbocycles. The number of nitriles is 2. The van der Waals surface area contributed by atoms with Gasteiger partial charge in [0.2, 0.25) is 0 Å². The molecule has 0 atom stereocenters. The van der Waals surface area contributed by atoms with Crippen LogP contribution in [0.3, 0.4) is 0 Å². The molecule has 0 unspecified atom stereocenters.